The molecule has 0 saturated carbocycles. The molecular formula is C12H19ClNO5PS2. The second-order valence-corrected chi connectivity index (χ2v) is 9.72. The van der Waals surface area contributed by atoms with E-state index in [9.17, 15) is 8.42 Å². The molecule has 0 aliphatic heterocycles. The maximum absolute atomic E-state index is 12.1. The Labute approximate surface area is 141 Å². The van der Waals surface area contributed by atoms with E-state index in [0.29, 0.717) is 19.0 Å². The van der Waals surface area contributed by atoms with Crippen molar-refractivity contribution in [3.63, 3.8) is 0 Å². The van der Waals surface area contributed by atoms with E-state index >= 15 is 0 Å². The normalized spacial score (nSPS) is 12.6. The number of rotatable bonds is 8. The summed E-state index contributed by atoms with van der Waals surface area (Å²) in [5.41, 5.74) is 0. The van der Waals surface area contributed by atoms with E-state index in [0.717, 1.165) is 4.31 Å². The van der Waals surface area contributed by atoms with Crippen LogP contribution in [-0.4, -0.2) is 40.0 Å². The molecule has 0 fully saturated rings. The lowest BCUT2D eigenvalue weighted by Gasteiger charge is -2.21. The maximum Gasteiger partial charge on any atom is 0.380 e. The van der Waals surface area contributed by atoms with Gasteiger partial charge < -0.3 is 4.52 Å². The van der Waals surface area contributed by atoms with Gasteiger partial charge >= 0.3 is 6.72 Å². The molecule has 0 aliphatic rings. The maximum atomic E-state index is 12.1. The van der Waals surface area contributed by atoms with E-state index in [2.05, 4.69) is 0 Å². The minimum absolute atomic E-state index is 0.00682. The summed E-state index contributed by atoms with van der Waals surface area (Å²) in [6.07, 6.45) is 0. The average Bonchev–Trinajstić information content (AvgIpc) is 2.38. The van der Waals surface area contributed by atoms with E-state index in [1.54, 1.807) is 13.8 Å². The van der Waals surface area contributed by atoms with E-state index in [1.165, 1.54) is 32.3 Å². The van der Waals surface area contributed by atoms with Gasteiger partial charge in [0.25, 0.3) is 0 Å². The van der Waals surface area contributed by atoms with Gasteiger partial charge in [0.2, 0.25) is 10.0 Å². The standard InChI is InChI=1S/C12H19ClNO5PS2/c1-5-17-20(21,18-6-2)19-10-7-8-12(11(13)9-10)22(15,16)14(3)4/h7-9H,5-6H2,1-4H3. The summed E-state index contributed by atoms with van der Waals surface area (Å²) in [7, 11) is -0.761. The molecule has 0 aromatic heterocycles. The number of halogens is 1. The molecule has 22 heavy (non-hydrogen) atoms. The van der Waals surface area contributed by atoms with Crippen LogP contribution < -0.4 is 4.52 Å². The molecular weight excluding hydrogens is 369 g/mol. The van der Waals surface area contributed by atoms with Crippen molar-refractivity contribution < 1.29 is 22.0 Å². The first-order valence-electron chi connectivity index (χ1n) is 6.47. The minimum atomic E-state index is -3.62. The van der Waals surface area contributed by atoms with Gasteiger partial charge in [-0.15, -0.1) is 0 Å². The van der Waals surface area contributed by atoms with Gasteiger partial charge in [-0.1, -0.05) is 11.6 Å². The fraction of sp³-hybridized carbons (Fsp3) is 0.500. The van der Waals surface area contributed by atoms with E-state index < -0.39 is 16.7 Å². The minimum Gasteiger partial charge on any atom is -0.424 e. The number of hydrogen-bond donors (Lipinski definition) is 0. The summed E-state index contributed by atoms with van der Waals surface area (Å²) in [6, 6.07) is 4.23. The molecule has 126 valence electrons. The Balaban J connectivity index is 3.11. The van der Waals surface area contributed by atoms with Crippen molar-refractivity contribution in [2.24, 2.45) is 0 Å². The van der Waals surface area contributed by atoms with Gasteiger partial charge in [-0.3, -0.25) is 9.05 Å². The van der Waals surface area contributed by atoms with Gasteiger partial charge in [0.05, 0.1) is 18.2 Å². The van der Waals surface area contributed by atoms with Crippen molar-refractivity contribution in [1.29, 1.82) is 0 Å². The highest BCUT2D eigenvalue weighted by molar-refractivity contribution is 8.07. The Bertz CT molecular complexity index is 655. The van der Waals surface area contributed by atoms with Gasteiger partial charge in [0.15, 0.2) is 0 Å². The van der Waals surface area contributed by atoms with Crippen LogP contribution in [0.3, 0.4) is 0 Å². The molecule has 0 radical (unpaired) electrons. The van der Waals surface area contributed by atoms with E-state index in [4.69, 9.17) is 37.0 Å². The first-order valence-corrected chi connectivity index (χ1v) is 10.8. The summed E-state index contributed by atoms with van der Waals surface area (Å²) in [4.78, 5) is -0.00682. The molecule has 0 saturated heterocycles. The third-order valence-electron chi connectivity index (χ3n) is 2.45. The molecule has 0 aliphatic carbocycles. The summed E-state index contributed by atoms with van der Waals surface area (Å²) in [5, 5.41) is 0.0424. The third kappa shape index (κ3) is 4.89. The lowest BCUT2D eigenvalue weighted by atomic mass is 10.3. The monoisotopic (exact) mass is 387 g/mol. The highest BCUT2D eigenvalue weighted by Crippen LogP contribution is 2.50. The molecule has 0 atom stereocenters. The number of sulfonamides is 1. The Morgan fingerprint density at radius 1 is 1.23 bits per heavy atom. The Kier molecular flexibility index (Phi) is 7.26. The number of nitrogens with zero attached hydrogens (tertiary/aromatic N) is 1. The van der Waals surface area contributed by atoms with Gasteiger partial charge in [0, 0.05) is 32.0 Å². The molecule has 0 heterocycles. The molecule has 0 unspecified atom stereocenters. The Morgan fingerprint density at radius 2 is 1.77 bits per heavy atom. The van der Waals surface area contributed by atoms with Crippen LogP contribution >= 0.6 is 18.3 Å². The lowest BCUT2D eigenvalue weighted by molar-refractivity contribution is 0.218. The summed E-state index contributed by atoms with van der Waals surface area (Å²) >= 11 is 11.3. The topological polar surface area (TPSA) is 65.1 Å². The van der Waals surface area contributed by atoms with Crippen molar-refractivity contribution in [3.05, 3.63) is 23.2 Å². The zero-order valence-corrected chi connectivity index (χ0v) is 16.1. The van der Waals surface area contributed by atoms with Gasteiger partial charge in [-0.25, -0.2) is 12.7 Å². The smallest absolute Gasteiger partial charge is 0.380 e. The quantitative estimate of drug-likeness (QED) is 0.638. The van der Waals surface area contributed by atoms with Crippen LogP contribution in [0.25, 0.3) is 0 Å². The van der Waals surface area contributed by atoms with Gasteiger partial charge in [0.1, 0.15) is 10.6 Å². The molecule has 0 amide bonds. The SMILES string of the molecule is CCOP(=S)(OCC)Oc1ccc(S(=O)(=O)N(C)C)c(Cl)c1. The van der Waals surface area contributed by atoms with Crippen LogP contribution in [0, 0.1) is 0 Å². The molecule has 6 nitrogen and oxygen atoms in total. The summed E-state index contributed by atoms with van der Waals surface area (Å²) < 4.78 is 41.6. The molecule has 10 heteroatoms. The number of benzene rings is 1. The predicted octanol–water partition coefficient (Wildman–Crippen LogP) is 3.27. The van der Waals surface area contributed by atoms with Crippen molar-refractivity contribution >= 4 is 40.1 Å². The molecule has 1 aromatic carbocycles. The van der Waals surface area contributed by atoms with E-state index in [-0.39, 0.29) is 9.92 Å². The Morgan fingerprint density at radius 3 is 2.18 bits per heavy atom. The second-order valence-electron chi connectivity index (χ2n) is 4.25. The largest absolute Gasteiger partial charge is 0.424 e. The van der Waals surface area contributed by atoms with Crippen molar-refractivity contribution in [1.82, 2.24) is 4.31 Å². The highest BCUT2D eigenvalue weighted by atomic mass is 35.5. The molecule has 1 aromatic rings. The molecule has 0 bridgehead atoms. The van der Waals surface area contributed by atoms with Crippen LogP contribution in [-0.2, 0) is 30.9 Å². The van der Waals surface area contributed by atoms with Crippen LogP contribution in [0.15, 0.2) is 23.1 Å². The predicted molar refractivity (Wildman–Crippen MR) is 90.5 cm³/mol. The molecule has 1 rings (SSSR count). The van der Waals surface area contributed by atoms with Gasteiger partial charge in [-0.2, -0.15) is 0 Å². The fourth-order valence-corrected chi connectivity index (χ4v) is 4.96. The highest BCUT2D eigenvalue weighted by Gasteiger charge is 2.24. The van der Waals surface area contributed by atoms with Crippen molar-refractivity contribution in [3.8, 4) is 5.75 Å². The van der Waals surface area contributed by atoms with Gasteiger partial charge in [-0.05, 0) is 26.0 Å². The fourth-order valence-electron chi connectivity index (χ4n) is 1.48. The van der Waals surface area contributed by atoms with E-state index in [1.807, 2.05) is 0 Å². The zero-order valence-electron chi connectivity index (χ0n) is 12.8. The average molecular weight is 388 g/mol. The Hall–Kier alpha value is -0.210. The van der Waals surface area contributed by atoms with Crippen LogP contribution in [0.4, 0.5) is 0 Å². The summed E-state index contributed by atoms with van der Waals surface area (Å²) in [5.74, 6) is 0.299. The third-order valence-corrected chi connectivity index (χ3v) is 7.19. The molecule has 0 N–H and O–H groups in total. The first kappa shape index (κ1) is 19.8. The van der Waals surface area contributed by atoms with Crippen molar-refractivity contribution in [2.75, 3.05) is 27.3 Å². The lowest BCUT2D eigenvalue weighted by Crippen LogP contribution is -2.22. The summed E-state index contributed by atoms with van der Waals surface area (Å²) in [6.45, 7) is 1.33. The van der Waals surface area contributed by atoms with Crippen LogP contribution in [0.1, 0.15) is 13.8 Å². The van der Waals surface area contributed by atoms with Crippen LogP contribution in [0.5, 0.6) is 5.75 Å². The molecule has 0 spiro atoms. The first-order chi connectivity index (χ1) is 10.2. The zero-order chi connectivity index (χ0) is 17.0. The van der Waals surface area contributed by atoms with Crippen molar-refractivity contribution in [2.45, 2.75) is 18.7 Å². The number of hydrogen-bond acceptors (Lipinski definition) is 6. The second kappa shape index (κ2) is 8.06. The van der Waals surface area contributed by atoms with Crippen LogP contribution in [0.2, 0.25) is 5.02 Å².